The van der Waals surface area contributed by atoms with Gasteiger partial charge >= 0.3 is 0 Å². The summed E-state index contributed by atoms with van der Waals surface area (Å²) in [4.78, 5) is 8.37. The van der Waals surface area contributed by atoms with Crippen molar-refractivity contribution >= 4 is 17.4 Å². The molecule has 0 fully saturated rings. The molecule has 1 aromatic heterocycles. The van der Waals surface area contributed by atoms with Crippen LogP contribution in [0.2, 0.25) is 5.28 Å². The number of nitrogens with one attached hydrogen (secondary N) is 1. The Morgan fingerprint density at radius 3 is 2.83 bits per heavy atom. The van der Waals surface area contributed by atoms with Crippen molar-refractivity contribution in [2.45, 2.75) is 46.0 Å². The topological polar surface area (TPSA) is 37.8 Å². The van der Waals surface area contributed by atoms with E-state index in [-0.39, 0.29) is 0 Å². The number of anilines is 1. The summed E-state index contributed by atoms with van der Waals surface area (Å²) in [6.07, 6.45) is 8.66. The lowest BCUT2D eigenvalue weighted by molar-refractivity contribution is 0.679. The summed E-state index contributed by atoms with van der Waals surface area (Å²) in [5, 5.41) is 3.68. The summed E-state index contributed by atoms with van der Waals surface area (Å²) in [7, 11) is 0. The fraction of sp³-hybridized carbons (Fsp3) is 0.571. The molecule has 2 rings (SSSR count). The Hall–Kier alpha value is -1.09. The van der Waals surface area contributed by atoms with Crippen molar-refractivity contribution in [1.29, 1.82) is 0 Å². The van der Waals surface area contributed by atoms with Gasteiger partial charge in [-0.1, -0.05) is 11.6 Å². The molecule has 0 saturated carbocycles. The second-order valence-electron chi connectivity index (χ2n) is 4.84. The maximum atomic E-state index is 5.88. The molecule has 1 aliphatic carbocycles. The highest BCUT2D eigenvalue weighted by molar-refractivity contribution is 6.28. The van der Waals surface area contributed by atoms with E-state index in [1.54, 1.807) is 5.57 Å². The minimum atomic E-state index is 0.317. The largest absolute Gasteiger partial charge is 0.369 e. The highest BCUT2D eigenvalue weighted by Crippen LogP contribution is 2.21. The van der Waals surface area contributed by atoms with Gasteiger partial charge in [-0.15, -0.1) is 0 Å². The molecule has 0 saturated heterocycles. The zero-order chi connectivity index (χ0) is 13.0. The van der Waals surface area contributed by atoms with Gasteiger partial charge in [-0.2, -0.15) is 0 Å². The molecule has 18 heavy (non-hydrogen) atoms. The minimum Gasteiger partial charge on any atom is -0.369 e. The van der Waals surface area contributed by atoms with Gasteiger partial charge < -0.3 is 5.32 Å². The Morgan fingerprint density at radius 1 is 1.28 bits per heavy atom. The van der Waals surface area contributed by atoms with Crippen LogP contribution < -0.4 is 5.32 Å². The van der Waals surface area contributed by atoms with Crippen LogP contribution in [0.4, 0.5) is 5.82 Å². The molecule has 0 spiro atoms. The van der Waals surface area contributed by atoms with Gasteiger partial charge in [0.2, 0.25) is 5.28 Å². The average molecular weight is 266 g/mol. The van der Waals surface area contributed by atoms with Crippen LogP contribution in [0.25, 0.3) is 0 Å². The van der Waals surface area contributed by atoms with Crippen molar-refractivity contribution in [3.05, 3.63) is 28.2 Å². The number of aromatic nitrogens is 2. The molecule has 4 heteroatoms. The first-order valence-corrected chi connectivity index (χ1v) is 6.97. The van der Waals surface area contributed by atoms with Crippen LogP contribution in [-0.4, -0.2) is 16.5 Å². The van der Waals surface area contributed by atoms with E-state index >= 15 is 0 Å². The van der Waals surface area contributed by atoms with E-state index in [4.69, 9.17) is 11.6 Å². The average Bonchev–Trinajstić information content (AvgIpc) is 2.36. The minimum absolute atomic E-state index is 0.317. The number of halogens is 1. The van der Waals surface area contributed by atoms with Crippen LogP contribution in [0.5, 0.6) is 0 Å². The van der Waals surface area contributed by atoms with Gasteiger partial charge in [0.1, 0.15) is 5.82 Å². The van der Waals surface area contributed by atoms with E-state index in [2.05, 4.69) is 21.4 Å². The van der Waals surface area contributed by atoms with Crippen LogP contribution in [0.15, 0.2) is 11.6 Å². The summed E-state index contributed by atoms with van der Waals surface area (Å²) >= 11 is 5.88. The van der Waals surface area contributed by atoms with Crippen LogP contribution in [0.3, 0.4) is 0 Å². The molecule has 0 bridgehead atoms. The predicted molar refractivity (Wildman–Crippen MR) is 76.2 cm³/mol. The molecule has 3 nitrogen and oxygen atoms in total. The van der Waals surface area contributed by atoms with Gasteiger partial charge in [-0.05, 0) is 57.6 Å². The van der Waals surface area contributed by atoms with Crippen LogP contribution >= 0.6 is 11.6 Å². The quantitative estimate of drug-likeness (QED) is 0.659. The summed E-state index contributed by atoms with van der Waals surface area (Å²) in [6, 6.07) is 0. The Bertz CT molecular complexity index is 455. The fourth-order valence-corrected chi connectivity index (χ4v) is 2.45. The predicted octanol–water partition coefficient (Wildman–Crippen LogP) is 4.05. The van der Waals surface area contributed by atoms with Crippen LogP contribution in [-0.2, 0) is 0 Å². The number of aryl methyl sites for hydroxylation is 1. The molecule has 0 aliphatic heterocycles. The summed E-state index contributed by atoms with van der Waals surface area (Å²) < 4.78 is 0. The standard InChI is InChI=1S/C14H20ClN3/c1-10-11(2)17-14(15)18-13(10)16-9-8-12-6-4-3-5-7-12/h6H,3-5,7-9H2,1-2H3,(H,16,17,18). The molecule has 0 unspecified atom stereocenters. The number of rotatable bonds is 4. The van der Waals surface area contributed by atoms with Gasteiger partial charge in [-0.25, -0.2) is 9.97 Å². The maximum Gasteiger partial charge on any atom is 0.224 e. The first-order chi connectivity index (χ1) is 8.66. The highest BCUT2D eigenvalue weighted by Gasteiger charge is 2.07. The number of allylic oxidation sites excluding steroid dienone is 1. The molecule has 0 atom stereocenters. The van der Waals surface area contributed by atoms with E-state index in [1.807, 2.05) is 13.8 Å². The van der Waals surface area contributed by atoms with Crippen molar-refractivity contribution in [3.63, 3.8) is 0 Å². The summed E-state index contributed by atoms with van der Waals surface area (Å²) in [6.45, 7) is 4.89. The van der Waals surface area contributed by atoms with E-state index < -0.39 is 0 Å². The second-order valence-corrected chi connectivity index (χ2v) is 5.17. The Morgan fingerprint density at radius 2 is 2.11 bits per heavy atom. The number of nitrogens with zero attached hydrogens (tertiary/aromatic N) is 2. The first-order valence-electron chi connectivity index (χ1n) is 6.59. The third kappa shape index (κ3) is 3.45. The van der Waals surface area contributed by atoms with Crippen LogP contribution in [0, 0.1) is 13.8 Å². The summed E-state index contributed by atoms with van der Waals surface area (Å²) in [5.41, 5.74) is 3.59. The lowest BCUT2D eigenvalue weighted by atomic mass is 9.97. The zero-order valence-electron chi connectivity index (χ0n) is 11.1. The number of hydrogen-bond donors (Lipinski definition) is 1. The monoisotopic (exact) mass is 265 g/mol. The van der Waals surface area contributed by atoms with E-state index in [0.29, 0.717) is 5.28 Å². The first kappa shape index (κ1) is 13.3. The molecule has 98 valence electrons. The molecule has 1 aliphatic rings. The van der Waals surface area contributed by atoms with E-state index in [0.717, 1.165) is 30.0 Å². The van der Waals surface area contributed by atoms with Crippen LogP contribution in [0.1, 0.15) is 43.4 Å². The highest BCUT2D eigenvalue weighted by atomic mass is 35.5. The lowest BCUT2D eigenvalue weighted by Gasteiger charge is -2.14. The van der Waals surface area contributed by atoms with Crippen molar-refractivity contribution in [2.75, 3.05) is 11.9 Å². The zero-order valence-corrected chi connectivity index (χ0v) is 11.8. The molecular weight excluding hydrogens is 246 g/mol. The van der Waals surface area contributed by atoms with Crippen molar-refractivity contribution in [2.24, 2.45) is 0 Å². The van der Waals surface area contributed by atoms with Gasteiger partial charge in [0.15, 0.2) is 0 Å². The Labute approximate surface area is 114 Å². The van der Waals surface area contributed by atoms with Gasteiger partial charge in [0.25, 0.3) is 0 Å². The fourth-order valence-electron chi connectivity index (χ4n) is 2.24. The smallest absolute Gasteiger partial charge is 0.224 e. The molecule has 0 aromatic carbocycles. The second kappa shape index (κ2) is 6.19. The third-order valence-electron chi connectivity index (χ3n) is 3.49. The van der Waals surface area contributed by atoms with Crippen molar-refractivity contribution < 1.29 is 0 Å². The van der Waals surface area contributed by atoms with E-state index in [9.17, 15) is 0 Å². The number of hydrogen-bond acceptors (Lipinski definition) is 3. The van der Waals surface area contributed by atoms with Gasteiger partial charge in [-0.3, -0.25) is 0 Å². The van der Waals surface area contributed by atoms with Gasteiger partial charge in [0, 0.05) is 17.8 Å². The van der Waals surface area contributed by atoms with Crippen molar-refractivity contribution in [1.82, 2.24) is 9.97 Å². The molecule has 1 N–H and O–H groups in total. The summed E-state index contributed by atoms with van der Waals surface area (Å²) in [5.74, 6) is 0.865. The SMILES string of the molecule is Cc1nc(Cl)nc(NCCC2=CCCCC2)c1C. The van der Waals surface area contributed by atoms with Crippen molar-refractivity contribution in [3.8, 4) is 0 Å². The Kier molecular flexibility index (Phi) is 4.59. The molecule has 1 aromatic rings. The Balaban J connectivity index is 1.92. The maximum absolute atomic E-state index is 5.88. The lowest BCUT2D eigenvalue weighted by Crippen LogP contribution is -2.08. The molecule has 0 radical (unpaired) electrons. The third-order valence-corrected chi connectivity index (χ3v) is 3.65. The molecular formula is C14H20ClN3. The molecule has 0 amide bonds. The molecule has 1 heterocycles. The van der Waals surface area contributed by atoms with E-state index in [1.165, 1.54) is 25.7 Å². The normalized spacial score (nSPS) is 15.4. The van der Waals surface area contributed by atoms with Gasteiger partial charge in [0.05, 0.1) is 0 Å².